The minimum absolute atomic E-state index is 0.0668. The maximum Gasteiger partial charge on any atom is 0.276 e. The first-order chi connectivity index (χ1) is 14.3. The number of fused-ring (bicyclic) bond motifs is 1. The summed E-state index contributed by atoms with van der Waals surface area (Å²) in [6.07, 6.45) is 0. The molecule has 0 fully saturated rings. The van der Waals surface area contributed by atoms with Crippen LogP contribution in [0.5, 0.6) is 5.75 Å². The minimum Gasteiger partial charge on any atom is -0.482 e. The topological polar surface area (TPSA) is 79.5 Å². The van der Waals surface area contributed by atoms with Crippen molar-refractivity contribution in [3.05, 3.63) is 60.8 Å². The number of thiophene rings is 1. The second kappa shape index (κ2) is 10.1. The number of halogens is 3. The van der Waals surface area contributed by atoms with Crippen LogP contribution in [-0.2, 0) is 4.79 Å². The van der Waals surface area contributed by atoms with Gasteiger partial charge >= 0.3 is 0 Å². The SMILES string of the molecule is Cc1cc(Br)cc(Br)c1OCC(=O)NNC(=S)NC(=O)c1sc2ccccc2c1Cl. The highest BCUT2D eigenvalue weighted by atomic mass is 79.9. The third-order valence-electron chi connectivity index (χ3n) is 3.83. The van der Waals surface area contributed by atoms with Gasteiger partial charge in [-0.1, -0.05) is 45.7 Å². The van der Waals surface area contributed by atoms with Crippen LogP contribution in [0.2, 0.25) is 5.02 Å². The average molecular weight is 592 g/mol. The fourth-order valence-corrected chi connectivity index (χ4v) is 5.63. The van der Waals surface area contributed by atoms with Crippen molar-refractivity contribution in [1.82, 2.24) is 16.2 Å². The Bertz CT molecular complexity index is 1130. The van der Waals surface area contributed by atoms with Gasteiger partial charge in [0.2, 0.25) is 0 Å². The predicted molar refractivity (Wildman–Crippen MR) is 130 cm³/mol. The summed E-state index contributed by atoms with van der Waals surface area (Å²) in [6.45, 7) is 1.62. The fourth-order valence-electron chi connectivity index (χ4n) is 2.52. The Kier molecular flexibility index (Phi) is 7.70. The number of carbonyl (C=O) groups is 2. The van der Waals surface area contributed by atoms with Gasteiger partial charge in [-0.3, -0.25) is 25.8 Å². The van der Waals surface area contributed by atoms with E-state index >= 15 is 0 Å². The van der Waals surface area contributed by atoms with Gasteiger partial charge in [0, 0.05) is 14.6 Å². The number of ether oxygens (including phenoxy) is 1. The van der Waals surface area contributed by atoms with E-state index in [1.165, 1.54) is 11.3 Å². The Morgan fingerprint density at radius 3 is 2.63 bits per heavy atom. The second-order valence-corrected chi connectivity index (χ2v) is 9.63. The second-order valence-electron chi connectivity index (χ2n) is 6.02. The molecule has 1 aromatic heterocycles. The van der Waals surface area contributed by atoms with E-state index in [1.807, 2.05) is 43.3 Å². The highest BCUT2D eigenvalue weighted by Gasteiger charge is 2.18. The number of thiocarbonyl (C=S) groups is 1. The molecule has 0 aliphatic carbocycles. The molecular weight excluding hydrogens is 578 g/mol. The zero-order valence-corrected chi connectivity index (χ0v) is 20.9. The standard InChI is InChI=1S/C19H14Br2ClN3O3S2/c1-9-6-10(20)7-12(21)16(9)28-8-14(26)24-25-19(29)23-18(27)17-15(22)11-4-2-3-5-13(11)30-17/h2-7H,8H2,1H3,(H,24,26)(H2,23,25,27,29). The molecule has 0 saturated carbocycles. The maximum atomic E-state index is 12.4. The third-order valence-corrected chi connectivity index (χ3v) is 6.75. The first-order valence-corrected chi connectivity index (χ1v) is 11.6. The largest absolute Gasteiger partial charge is 0.482 e. The number of rotatable bonds is 4. The van der Waals surface area contributed by atoms with Crippen molar-refractivity contribution in [2.75, 3.05) is 6.61 Å². The Hall–Kier alpha value is -1.72. The summed E-state index contributed by atoms with van der Waals surface area (Å²) in [5.41, 5.74) is 5.71. The molecule has 0 atom stereocenters. The van der Waals surface area contributed by atoms with Gasteiger partial charge < -0.3 is 4.74 Å². The molecule has 3 rings (SSSR count). The van der Waals surface area contributed by atoms with E-state index < -0.39 is 11.8 Å². The first-order valence-electron chi connectivity index (χ1n) is 8.42. The lowest BCUT2D eigenvalue weighted by atomic mass is 10.2. The van der Waals surface area contributed by atoms with Crippen LogP contribution in [0, 0.1) is 6.92 Å². The van der Waals surface area contributed by atoms with Gasteiger partial charge in [0.25, 0.3) is 11.8 Å². The molecule has 11 heteroatoms. The third kappa shape index (κ3) is 5.50. The zero-order valence-electron chi connectivity index (χ0n) is 15.3. The number of benzene rings is 2. The number of hydrogen-bond donors (Lipinski definition) is 3. The molecule has 3 aromatic rings. The number of hydrogen-bond acceptors (Lipinski definition) is 5. The van der Waals surface area contributed by atoms with Crippen molar-refractivity contribution >= 4 is 94.0 Å². The highest BCUT2D eigenvalue weighted by molar-refractivity contribution is 9.11. The van der Waals surface area contributed by atoms with Crippen LogP contribution in [0.3, 0.4) is 0 Å². The summed E-state index contributed by atoms with van der Waals surface area (Å²) in [4.78, 5) is 24.8. The fraction of sp³-hybridized carbons (Fsp3) is 0.105. The molecule has 3 N–H and O–H groups in total. The molecule has 0 aliphatic heterocycles. The van der Waals surface area contributed by atoms with E-state index in [2.05, 4.69) is 48.0 Å². The van der Waals surface area contributed by atoms with Gasteiger partial charge in [0.05, 0.1) is 9.50 Å². The van der Waals surface area contributed by atoms with Gasteiger partial charge in [0.1, 0.15) is 10.6 Å². The van der Waals surface area contributed by atoms with E-state index in [9.17, 15) is 9.59 Å². The van der Waals surface area contributed by atoms with Crippen LogP contribution >= 0.6 is 67.0 Å². The number of carbonyl (C=O) groups excluding carboxylic acids is 2. The maximum absolute atomic E-state index is 12.4. The van der Waals surface area contributed by atoms with Gasteiger partial charge in [-0.05, 0) is 58.8 Å². The molecule has 0 saturated heterocycles. The number of aryl methyl sites for hydroxylation is 1. The normalized spacial score (nSPS) is 10.5. The van der Waals surface area contributed by atoms with Crippen LogP contribution in [0.25, 0.3) is 10.1 Å². The van der Waals surface area contributed by atoms with Gasteiger partial charge in [-0.2, -0.15) is 0 Å². The Morgan fingerprint density at radius 2 is 1.93 bits per heavy atom. The lowest BCUT2D eigenvalue weighted by molar-refractivity contribution is -0.123. The molecule has 0 aliphatic rings. The van der Waals surface area contributed by atoms with E-state index in [0.29, 0.717) is 15.6 Å². The zero-order chi connectivity index (χ0) is 21.8. The van der Waals surface area contributed by atoms with Crippen molar-refractivity contribution in [2.45, 2.75) is 6.92 Å². The molecule has 0 radical (unpaired) electrons. The van der Waals surface area contributed by atoms with Crippen molar-refractivity contribution in [3.8, 4) is 5.75 Å². The molecule has 156 valence electrons. The van der Waals surface area contributed by atoms with Crippen LogP contribution in [0.15, 0.2) is 45.3 Å². The van der Waals surface area contributed by atoms with Crippen LogP contribution in [0.4, 0.5) is 0 Å². The lowest BCUT2D eigenvalue weighted by Crippen LogP contribution is -2.49. The number of nitrogens with one attached hydrogen (secondary N) is 3. The van der Waals surface area contributed by atoms with Gasteiger partial charge in [0.15, 0.2) is 11.7 Å². The van der Waals surface area contributed by atoms with Crippen molar-refractivity contribution in [2.24, 2.45) is 0 Å². The summed E-state index contributed by atoms with van der Waals surface area (Å²) in [7, 11) is 0. The average Bonchev–Trinajstić information content (AvgIpc) is 3.02. The summed E-state index contributed by atoms with van der Waals surface area (Å²) >= 11 is 19.4. The molecule has 0 unspecified atom stereocenters. The molecule has 6 nitrogen and oxygen atoms in total. The van der Waals surface area contributed by atoms with Crippen LogP contribution in [-0.4, -0.2) is 23.5 Å². The summed E-state index contributed by atoms with van der Waals surface area (Å²) < 4.78 is 8.06. The van der Waals surface area contributed by atoms with E-state index in [0.717, 1.165) is 24.6 Å². The number of hydrazine groups is 1. The first kappa shape index (κ1) is 23.0. The van der Waals surface area contributed by atoms with Crippen LogP contribution < -0.4 is 20.9 Å². The Morgan fingerprint density at radius 1 is 1.20 bits per heavy atom. The van der Waals surface area contributed by atoms with Crippen molar-refractivity contribution in [1.29, 1.82) is 0 Å². The lowest BCUT2D eigenvalue weighted by Gasteiger charge is -2.13. The molecule has 1 heterocycles. The molecule has 2 amide bonds. The van der Waals surface area contributed by atoms with Crippen molar-refractivity contribution < 1.29 is 14.3 Å². The molecule has 30 heavy (non-hydrogen) atoms. The Labute approximate surface area is 203 Å². The van der Waals surface area contributed by atoms with E-state index in [4.69, 9.17) is 28.6 Å². The highest BCUT2D eigenvalue weighted by Crippen LogP contribution is 2.35. The predicted octanol–water partition coefficient (Wildman–Crippen LogP) is 5.10. The minimum atomic E-state index is -0.472. The molecule has 2 aromatic carbocycles. The van der Waals surface area contributed by atoms with Crippen LogP contribution in [0.1, 0.15) is 15.2 Å². The number of amides is 2. The molecule has 0 bridgehead atoms. The summed E-state index contributed by atoms with van der Waals surface area (Å²) in [5, 5.41) is 3.59. The van der Waals surface area contributed by atoms with E-state index in [-0.39, 0.29) is 11.7 Å². The quantitative estimate of drug-likeness (QED) is 0.291. The smallest absolute Gasteiger partial charge is 0.276 e. The summed E-state index contributed by atoms with van der Waals surface area (Å²) in [6, 6.07) is 11.1. The van der Waals surface area contributed by atoms with Gasteiger partial charge in [-0.25, -0.2) is 0 Å². The Balaban J connectivity index is 1.51. The van der Waals surface area contributed by atoms with Crippen molar-refractivity contribution in [3.63, 3.8) is 0 Å². The monoisotopic (exact) mass is 589 g/mol. The summed E-state index contributed by atoms with van der Waals surface area (Å²) in [5.74, 6) is -0.372. The molecule has 0 spiro atoms. The molecular formula is C19H14Br2ClN3O3S2. The van der Waals surface area contributed by atoms with Gasteiger partial charge in [-0.15, -0.1) is 11.3 Å². The van der Waals surface area contributed by atoms with E-state index in [1.54, 1.807) is 0 Å².